The topological polar surface area (TPSA) is 20.3 Å². The van der Waals surface area contributed by atoms with E-state index >= 15 is 0 Å². The molecule has 0 spiro atoms. The Kier molecular flexibility index (Phi) is 7.08. The van der Waals surface area contributed by atoms with Crippen molar-refractivity contribution < 1.29 is 4.79 Å². The molecule has 1 aromatic carbocycles. The molecule has 1 aromatic rings. The molecule has 0 aliphatic carbocycles. The molecule has 0 unspecified atom stereocenters. The van der Waals surface area contributed by atoms with E-state index in [-0.39, 0.29) is 11.2 Å². The molecule has 2 nitrogen and oxygen atoms in total. The summed E-state index contributed by atoms with van der Waals surface area (Å²) in [5.41, 5.74) is 1.99. The number of hydrogen-bond donors (Lipinski definition) is 0. The molecule has 0 radical (unpaired) electrons. The average molecular weight is 297 g/mol. The summed E-state index contributed by atoms with van der Waals surface area (Å²) in [5.74, 6) is 6.39. The van der Waals surface area contributed by atoms with Gasteiger partial charge in [0.1, 0.15) is 0 Å². The van der Waals surface area contributed by atoms with Crippen LogP contribution in [0.4, 0.5) is 0 Å². The lowest BCUT2D eigenvalue weighted by molar-refractivity contribution is 0.101. The number of ketones is 1. The zero-order chi connectivity index (χ0) is 16.6. The van der Waals surface area contributed by atoms with Gasteiger partial charge in [0.25, 0.3) is 0 Å². The van der Waals surface area contributed by atoms with Gasteiger partial charge >= 0.3 is 0 Å². The van der Waals surface area contributed by atoms with Gasteiger partial charge < -0.3 is 0 Å². The lowest BCUT2D eigenvalue weighted by Gasteiger charge is -2.18. The smallest absolute Gasteiger partial charge is 0.159 e. The molecule has 0 heterocycles. The van der Waals surface area contributed by atoms with Crippen molar-refractivity contribution in [2.75, 3.05) is 13.1 Å². The van der Waals surface area contributed by atoms with Crippen molar-refractivity contribution in [2.45, 2.75) is 41.2 Å². The first kappa shape index (κ1) is 18.2. The lowest BCUT2D eigenvalue weighted by Crippen LogP contribution is -2.22. The van der Waals surface area contributed by atoms with E-state index in [2.05, 4.69) is 56.6 Å². The highest BCUT2D eigenvalue weighted by molar-refractivity contribution is 5.94. The van der Waals surface area contributed by atoms with Crippen LogP contribution in [-0.2, 0) is 6.54 Å². The van der Waals surface area contributed by atoms with E-state index in [1.54, 1.807) is 6.92 Å². The van der Waals surface area contributed by atoms with Crippen molar-refractivity contribution in [1.29, 1.82) is 0 Å². The van der Waals surface area contributed by atoms with Crippen LogP contribution in [0, 0.1) is 17.3 Å². The highest BCUT2D eigenvalue weighted by Crippen LogP contribution is 2.10. The maximum Gasteiger partial charge on any atom is 0.159 e. The monoisotopic (exact) mass is 297 g/mol. The second kappa shape index (κ2) is 8.56. The van der Waals surface area contributed by atoms with Gasteiger partial charge in [-0.15, -0.1) is 0 Å². The Balaban J connectivity index is 2.62. The largest absolute Gasteiger partial charge is 0.296 e. The molecule has 0 amide bonds. The minimum Gasteiger partial charge on any atom is -0.296 e. The Labute approximate surface area is 135 Å². The molecule has 22 heavy (non-hydrogen) atoms. The third-order valence-corrected chi connectivity index (χ3v) is 3.20. The van der Waals surface area contributed by atoms with Crippen LogP contribution in [0.5, 0.6) is 0 Å². The van der Waals surface area contributed by atoms with Crippen LogP contribution in [0.25, 0.3) is 0 Å². The summed E-state index contributed by atoms with van der Waals surface area (Å²) >= 11 is 0. The first-order valence-electron chi connectivity index (χ1n) is 7.82. The van der Waals surface area contributed by atoms with Crippen LogP contribution in [0.1, 0.15) is 50.5 Å². The predicted octanol–water partition coefficient (Wildman–Crippen LogP) is 4.32. The third kappa shape index (κ3) is 7.24. The fourth-order valence-electron chi connectivity index (χ4n) is 1.97. The lowest BCUT2D eigenvalue weighted by atomic mass is 9.98. The van der Waals surface area contributed by atoms with Crippen molar-refractivity contribution in [1.82, 2.24) is 4.90 Å². The average Bonchev–Trinajstić information content (AvgIpc) is 2.44. The van der Waals surface area contributed by atoms with E-state index in [4.69, 9.17) is 0 Å². The van der Waals surface area contributed by atoms with Crippen molar-refractivity contribution in [3.8, 4) is 11.8 Å². The molecule has 0 atom stereocenters. The van der Waals surface area contributed by atoms with Gasteiger partial charge in [0.15, 0.2) is 5.78 Å². The number of hydrogen-bond acceptors (Lipinski definition) is 2. The third-order valence-electron chi connectivity index (χ3n) is 3.20. The predicted molar refractivity (Wildman–Crippen MR) is 93.8 cm³/mol. The number of carbonyl (C=O) groups excluding carboxylic acids is 1. The second-order valence-electron chi connectivity index (χ2n) is 6.51. The summed E-state index contributed by atoms with van der Waals surface area (Å²) in [6, 6.07) is 7.86. The molecule has 0 fully saturated rings. The summed E-state index contributed by atoms with van der Waals surface area (Å²) < 4.78 is 0. The van der Waals surface area contributed by atoms with Crippen molar-refractivity contribution in [3.05, 3.63) is 47.5 Å². The normalized spacial score (nSPS) is 11.5. The van der Waals surface area contributed by atoms with E-state index in [9.17, 15) is 4.79 Å². The number of allylic oxidation sites excluding steroid dienone is 1. The number of Topliss-reactive ketones (excluding diaryl/α,β-unsaturated/α-hetero) is 1. The highest BCUT2D eigenvalue weighted by Gasteiger charge is 2.05. The fourth-order valence-corrected chi connectivity index (χ4v) is 1.97. The van der Waals surface area contributed by atoms with E-state index in [1.807, 2.05) is 24.3 Å². The summed E-state index contributed by atoms with van der Waals surface area (Å²) in [6.45, 7) is 12.7. The minimum absolute atomic E-state index is 0.0436. The van der Waals surface area contributed by atoms with Crippen LogP contribution in [0.2, 0.25) is 0 Å². The summed E-state index contributed by atoms with van der Waals surface area (Å²) in [7, 11) is 0. The molecular formula is C20H27NO. The Bertz CT molecular complexity index is 582. The zero-order valence-corrected chi connectivity index (χ0v) is 14.4. The van der Waals surface area contributed by atoms with Crippen LogP contribution < -0.4 is 0 Å². The fraction of sp³-hybridized carbons (Fsp3) is 0.450. The molecular weight excluding hydrogens is 270 g/mol. The highest BCUT2D eigenvalue weighted by atomic mass is 16.1. The van der Waals surface area contributed by atoms with E-state index in [0.29, 0.717) is 0 Å². The molecule has 0 aliphatic rings. The minimum atomic E-state index is 0.0436. The Morgan fingerprint density at radius 3 is 2.64 bits per heavy atom. The van der Waals surface area contributed by atoms with Crippen molar-refractivity contribution in [2.24, 2.45) is 5.41 Å². The summed E-state index contributed by atoms with van der Waals surface area (Å²) in [6.07, 6.45) is 4.02. The van der Waals surface area contributed by atoms with Gasteiger partial charge in [-0.1, -0.05) is 43.0 Å². The molecule has 0 aliphatic heterocycles. The first-order chi connectivity index (χ1) is 10.3. The van der Waals surface area contributed by atoms with Crippen LogP contribution in [0.15, 0.2) is 36.4 Å². The van der Waals surface area contributed by atoms with E-state index in [1.165, 1.54) is 5.56 Å². The number of benzene rings is 1. The maximum absolute atomic E-state index is 11.4. The number of rotatable bonds is 6. The van der Waals surface area contributed by atoms with Gasteiger partial charge in [-0.2, -0.15) is 0 Å². The van der Waals surface area contributed by atoms with Gasteiger partial charge in [0.2, 0.25) is 0 Å². The quantitative estimate of drug-likeness (QED) is 0.576. The molecule has 0 saturated carbocycles. The van der Waals surface area contributed by atoms with Crippen LogP contribution in [0.3, 0.4) is 0 Å². The Morgan fingerprint density at radius 1 is 1.32 bits per heavy atom. The van der Waals surface area contributed by atoms with E-state index < -0.39 is 0 Å². The number of likely N-dealkylation sites (N-methyl/N-ethyl adjacent to an activating group) is 1. The molecule has 0 aromatic heterocycles. The molecule has 0 saturated heterocycles. The molecule has 0 bridgehead atoms. The van der Waals surface area contributed by atoms with Gasteiger partial charge in [-0.25, -0.2) is 0 Å². The van der Waals surface area contributed by atoms with Crippen molar-refractivity contribution >= 4 is 5.78 Å². The summed E-state index contributed by atoms with van der Waals surface area (Å²) in [4.78, 5) is 13.8. The zero-order valence-electron chi connectivity index (χ0n) is 14.4. The Hall–Kier alpha value is -1.85. The van der Waals surface area contributed by atoms with Crippen LogP contribution in [-0.4, -0.2) is 23.8 Å². The SMILES string of the molecule is CCN(C/C=C/C#CC(C)(C)C)Cc1cccc(C(C)=O)c1. The first-order valence-corrected chi connectivity index (χ1v) is 7.82. The number of nitrogens with zero attached hydrogens (tertiary/aromatic N) is 1. The van der Waals surface area contributed by atoms with Gasteiger partial charge in [0, 0.05) is 24.1 Å². The summed E-state index contributed by atoms with van der Waals surface area (Å²) in [5, 5.41) is 0. The van der Waals surface area contributed by atoms with Crippen molar-refractivity contribution in [3.63, 3.8) is 0 Å². The van der Waals surface area contributed by atoms with Gasteiger partial charge in [0.05, 0.1) is 0 Å². The second-order valence-corrected chi connectivity index (χ2v) is 6.51. The van der Waals surface area contributed by atoms with Crippen LogP contribution >= 0.6 is 0 Å². The maximum atomic E-state index is 11.4. The molecule has 118 valence electrons. The molecule has 0 N–H and O–H groups in total. The molecule has 2 heteroatoms. The van der Waals surface area contributed by atoms with E-state index in [0.717, 1.165) is 25.2 Å². The standard InChI is InChI=1S/C20H27NO/c1-6-21(14-9-7-8-13-20(3,4)5)16-18-11-10-12-19(15-18)17(2)22/h7,9-12,15H,6,14,16H2,1-5H3/b9-7+. The van der Waals surface area contributed by atoms with Gasteiger partial charge in [-0.05, 0) is 51.9 Å². The molecule has 1 rings (SSSR count). The number of carbonyl (C=O) groups is 1. The Morgan fingerprint density at radius 2 is 2.05 bits per heavy atom. The van der Waals surface area contributed by atoms with Gasteiger partial charge in [-0.3, -0.25) is 9.69 Å².